The Bertz CT molecular complexity index is 373. The number of alkyl halides is 2. The molecule has 0 bridgehead atoms. The molecular formula is C10H11BrFNO3. The number of hydrogen-bond donors (Lipinski definition) is 0. The van der Waals surface area contributed by atoms with Crippen LogP contribution in [0, 0.1) is 10.1 Å². The maximum atomic E-state index is 11.9. The van der Waals surface area contributed by atoms with E-state index in [2.05, 4.69) is 15.9 Å². The van der Waals surface area contributed by atoms with E-state index in [1.807, 2.05) is 0 Å². The molecule has 0 aliphatic heterocycles. The van der Waals surface area contributed by atoms with Crippen LogP contribution in [0.1, 0.15) is 12.0 Å². The number of hydrogen-bond acceptors (Lipinski definition) is 3. The molecule has 0 saturated carbocycles. The molecule has 0 unspecified atom stereocenters. The number of nitrogens with zero attached hydrogens (tertiary/aromatic N) is 1. The summed E-state index contributed by atoms with van der Waals surface area (Å²) in [6.07, 6.45) is 0.233. The molecule has 0 atom stereocenters. The van der Waals surface area contributed by atoms with Crippen molar-refractivity contribution >= 4 is 21.6 Å². The number of nitro groups is 1. The highest BCUT2D eigenvalue weighted by Crippen LogP contribution is 2.28. The highest BCUT2D eigenvalue weighted by Gasteiger charge is 2.15. The Balaban J connectivity index is 2.85. The third-order valence-electron chi connectivity index (χ3n) is 1.91. The lowest BCUT2D eigenvalue weighted by atomic mass is 10.2. The van der Waals surface area contributed by atoms with Crippen molar-refractivity contribution in [3.63, 3.8) is 0 Å². The SMILES string of the molecule is O=[N+]([O-])c1cc(CBr)ccc1OCCCF. The quantitative estimate of drug-likeness (QED) is 0.350. The second kappa shape index (κ2) is 6.42. The van der Waals surface area contributed by atoms with E-state index in [1.165, 1.54) is 12.1 Å². The van der Waals surface area contributed by atoms with Gasteiger partial charge >= 0.3 is 5.69 Å². The molecule has 0 saturated heterocycles. The Morgan fingerprint density at radius 2 is 2.25 bits per heavy atom. The van der Waals surface area contributed by atoms with Crippen molar-refractivity contribution in [3.8, 4) is 5.75 Å². The minimum absolute atomic E-state index is 0.0872. The summed E-state index contributed by atoms with van der Waals surface area (Å²) in [6, 6.07) is 4.71. The Hall–Kier alpha value is -1.17. The number of halogens is 2. The summed E-state index contributed by atoms with van der Waals surface area (Å²) in [5.74, 6) is 0.183. The van der Waals surface area contributed by atoms with Gasteiger partial charge in [0.1, 0.15) is 0 Å². The second-order valence-electron chi connectivity index (χ2n) is 3.08. The average molecular weight is 292 g/mol. The van der Waals surface area contributed by atoms with Crippen LogP contribution >= 0.6 is 15.9 Å². The van der Waals surface area contributed by atoms with Gasteiger partial charge in [0.25, 0.3) is 0 Å². The monoisotopic (exact) mass is 291 g/mol. The van der Waals surface area contributed by atoms with E-state index in [0.717, 1.165) is 5.56 Å². The number of benzene rings is 1. The van der Waals surface area contributed by atoms with E-state index >= 15 is 0 Å². The van der Waals surface area contributed by atoms with Crippen molar-refractivity contribution in [1.29, 1.82) is 0 Å². The average Bonchev–Trinajstić information content (AvgIpc) is 2.29. The van der Waals surface area contributed by atoms with Crippen LogP contribution in [0.2, 0.25) is 0 Å². The van der Waals surface area contributed by atoms with Gasteiger partial charge in [-0.15, -0.1) is 0 Å². The summed E-state index contributed by atoms with van der Waals surface area (Å²) in [5, 5.41) is 11.3. The molecule has 16 heavy (non-hydrogen) atoms. The van der Waals surface area contributed by atoms with Crippen LogP contribution in [0.5, 0.6) is 5.75 Å². The highest BCUT2D eigenvalue weighted by atomic mass is 79.9. The predicted molar refractivity (Wildman–Crippen MR) is 61.8 cm³/mol. The zero-order valence-corrected chi connectivity index (χ0v) is 10.1. The van der Waals surface area contributed by atoms with Gasteiger partial charge in [0.15, 0.2) is 5.75 Å². The van der Waals surface area contributed by atoms with Crippen molar-refractivity contribution < 1.29 is 14.1 Å². The minimum atomic E-state index is -0.503. The molecule has 0 aliphatic rings. The van der Waals surface area contributed by atoms with E-state index in [4.69, 9.17) is 4.74 Å². The van der Waals surface area contributed by atoms with Gasteiger partial charge in [0.05, 0.1) is 18.2 Å². The highest BCUT2D eigenvalue weighted by molar-refractivity contribution is 9.08. The normalized spacial score (nSPS) is 10.1. The van der Waals surface area contributed by atoms with Crippen molar-refractivity contribution in [2.75, 3.05) is 13.3 Å². The Morgan fingerprint density at radius 3 is 2.81 bits per heavy atom. The third-order valence-corrected chi connectivity index (χ3v) is 2.56. The smallest absolute Gasteiger partial charge is 0.311 e. The molecule has 4 nitrogen and oxygen atoms in total. The molecular weight excluding hydrogens is 281 g/mol. The van der Waals surface area contributed by atoms with Gasteiger partial charge in [-0.3, -0.25) is 14.5 Å². The summed E-state index contributed by atoms with van der Waals surface area (Å²) in [7, 11) is 0. The lowest BCUT2D eigenvalue weighted by Gasteiger charge is -2.06. The fourth-order valence-electron chi connectivity index (χ4n) is 1.15. The standard InChI is InChI=1S/C10H11BrFNO3/c11-7-8-2-3-10(16-5-1-4-12)9(6-8)13(14)15/h2-3,6H,1,4-5,7H2. The molecule has 0 radical (unpaired) electrons. The molecule has 6 heteroatoms. The molecule has 0 N–H and O–H groups in total. The van der Waals surface area contributed by atoms with Crippen LogP contribution in [0.15, 0.2) is 18.2 Å². The second-order valence-corrected chi connectivity index (χ2v) is 3.64. The number of rotatable bonds is 6. The first-order valence-corrected chi connectivity index (χ1v) is 5.83. The van der Waals surface area contributed by atoms with Crippen molar-refractivity contribution in [2.24, 2.45) is 0 Å². The maximum absolute atomic E-state index is 11.9. The van der Waals surface area contributed by atoms with Gasteiger partial charge in [0.2, 0.25) is 0 Å². The lowest BCUT2D eigenvalue weighted by molar-refractivity contribution is -0.385. The molecule has 1 aromatic rings. The van der Waals surface area contributed by atoms with Crippen LogP contribution in [0.4, 0.5) is 10.1 Å². The molecule has 0 aliphatic carbocycles. The van der Waals surface area contributed by atoms with Gasteiger partial charge in [-0.05, 0) is 11.6 Å². The fourth-order valence-corrected chi connectivity index (χ4v) is 1.50. The first-order valence-electron chi connectivity index (χ1n) is 4.71. The molecule has 1 rings (SSSR count). The molecule has 0 amide bonds. The number of nitro benzene ring substituents is 1. The zero-order chi connectivity index (χ0) is 12.0. The largest absolute Gasteiger partial charge is 0.487 e. The Kier molecular flexibility index (Phi) is 5.18. The lowest BCUT2D eigenvalue weighted by Crippen LogP contribution is -2.01. The Labute approximate surface area is 101 Å². The van der Waals surface area contributed by atoms with Gasteiger partial charge in [-0.1, -0.05) is 22.0 Å². The first-order chi connectivity index (χ1) is 7.69. The predicted octanol–water partition coefficient (Wildman–Crippen LogP) is 3.23. The molecule has 1 aromatic carbocycles. The van der Waals surface area contributed by atoms with Crippen molar-refractivity contribution in [1.82, 2.24) is 0 Å². The summed E-state index contributed by atoms with van der Waals surface area (Å²) in [4.78, 5) is 10.3. The van der Waals surface area contributed by atoms with Crippen molar-refractivity contribution in [3.05, 3.63) is 33.9 Å². The van der Waals surface area contributed by atoms with Crippen LogP contribution in [-0.4, -0.2) is 18.2 Å². The summed E-state index contributed by atoms with van der Waals surface area (Å²) >= 11 is 3.22. The van der Waals surface area contributed by atoms with E-state index in [-0.39, 0.29) is 24.5 Å². The van der Waals surface area contributed by atoms with Gasteiger partial charge in [-0.25, -0.2) is 0 Å². The van der Waals surface area contributed by atoms with Crippen molar-refractivity contribution in [2.45, 2.75) is 11.8 Å². The summed E-state index contributed by atoms with van der Waals surface area (Å²) < 4.78 is 17.0. The molecule has 0 fully saturated rings. The Morgan fingerprint density at radius 1 is 1.50 bits per heavy atom. The van der Waals surface area contributed by atoms with Crippen LogP contribution in [-0.2, 0) is 5.33 Å². The van der Waals surface area contributed by atoms with Gasteiger partial charge < -0.3 is 4.74 Å². The van der Waals surface area contributed by atoms with E-state index < -0.39 is 11.6 Å². The van der Waals surface area contributed by atoms with Gasteiger partial charge in [-0.2, -0.15) is 0 Å². The molecule has 0 aromatic heterocycles. The minimum Gasteiger partial charge on any atom is -0.487 e. The maximum Gasteiger partial charge on any atom is 0.311 e. The molecule has 0 heterocycles. The first kappa shape index (κ1) is 12.9. The van der Waals surface area contributed by atoms with Crippen LogP contribution in [0.3, 0.4) is 0 Å². The summed E-state index contributed by atoms with van der Waals surface area (Å²) in [6.45, 7) is -0.349. The number of ether oxygens (including phenoxy) is 1. The molecule has 88 valence electrons. The fraction of sp³-hybridized carbons (Fsp3) is 0.400. The van der Waals surface area contributed by atoms with Gasteiger partial charge in [0, 0.05) is 17.8 Å². The third kappa shape index (κ3) is 3.44. The van der Waals surface area contributed by atoms with Crippen LogP contribution in [0.25, 0.3) is 0 Å². The van der Waals surface area contributed by atoms with Crippen LogP contribution < -0.4 is 4.74 Å². The van der Waals surface area contributed by atoms with E-state index in [0.29, 0.717) is 5.33 Å². The van der Waals surface area contributed by atoms with E-state index in [1.54, 1.807) is 6.07 Å². The zero-order valence-electron chi connectivity index (χ0n) is 8.49. The molecule has 0 spiro atoms. The van der Waals surface area contributed by atoms with E-state index in [9.17, 15) is 14.5 Å². The topological polar surface area (TPSA) is 52.4 Å². The summed E-state index contributed by atoms with van der Waals surface area (Å²) in [5.41, 5.74) is 0.709.